The molecule has 6 nitrogen and oxygen atoms in total. The van der Waals surface area contributed by atoms with E-state index in [2.05, 4.69) is 10.1 Å². The number of carbonyl (C=O) groups is 1. The Morgan fingerprint density at radius 3 is 2.66 bits per heavy atom. The van der Waals surface area contributed by atoms with E-state index in [0.29, 0.717) is 30.6 Å². The summed E-state index contributed by atoms with van der Waals surface area (Å²) in [4.78, 5) is 18.7. The molecular weight excluding hydrogens is 386 g/mol. The number of hydrogen-bond acceptors (Lipinski definition) is 6. The molecule has 7 heteroatoms. The van der Waals surface area contributed by atoms with Crippen LogP contribution in [0, 0.1) is 0 Å². The zero-order chi connectivity index (χ0) is 19.6. The lowest BCUT2D eigenvalue weighted by Gasteiger charge is -2.39. The molecule has 29 heavy (non-hydrogen) atoms. The van der Waals surface area contributed by atoms with Gasteiger partial charge in [0, 0.05) is 10.9 Å². The summed E-state index contributed by atoms with van der Waals surface area (Å²) in [6.45, 7) is 1.12. The van der Waals surface area contributed by atoms with Crippen LogP contribution < -0.4 is 4.74 Å². The smallest absolute Gasteiger partial charge is 0.262 e. The normalized spacial score (nSPS) is 13.9. The third-order valence-electron chi connectivity index (χ3n) is 4.77. The molecule has 2 aromatic carbocycles. The van der Waals surface area contributed by atoms with Gasteiger partial charge in [0.2, 0.25) is 5.82 Å². The number of rotatable bonds is 5. The van der Waals surface area contributed by atoms with Crippen molar-refractivity contribution in [1.29, 1.82) is 0 Å². The van der Waals surface area contributed by atoms with E-state index < -0.39 is 0 Å². The van der Waals surface area contributed by atoms with Gasteiger partial charge >= 0.3 is 0 Å². The van der Waals surface area contributed by atoms with E-state index >= 15 is 0 Å². The molecule has 0 saturated carbocycles. The van der Waals surface area contributed by atoms with Crippen LogP contribution in [0.25, 0.3) is 22.8 Å². The van der Waals surface area contributed by atoms with Gasteiger partial charge in [-0.25, -0.2) is 0 Å². The van der Waals surface area contributed by atoms with Crippen molar-refractivity contribution in [2.75, 3.05) is 13.1 Å². The predicted molar refractivity (Wildman–Crippen MR) is 110 cm³/mol. The molecule has 0 spiro atoms. The van der Waals surface area contributed by atoms with Gasteiger partial charge in [-0.3, -0.25) is 4.79 Å². The molecule has 1 aliphatic rings. The largest absolute Gasteiger partial charge is 0.486 e. The minimum atomic E-state index is -0.0600. The molecule has 1 aliphatic heterocycles. The summed E-state index contributed by atoms with van der Waals surface area (Å²) in [5.74, 6) is 1.66. The fourth-order valence-electron chi connectivity index (χ4n) is 3.21. The first kappa shape index (κ1) is 17.6. The maximum absolute atomic E-state index is 12.4. The van der Waals surface area contributed by atoms with E-state index in [1.807, 2.05) is 71.4 Å². The maximum atomic E-state index is 12.4. The number of carbonyl (C=O) groups excluding carboxylic acids is 1. The Kier molecular flexibility index (Phi) is 4.57. The summed E-state index contributed by atoms with van der Waals surface area (Å²) in [5, 5.41) is 7.86. The molecule has 0 atom stereocenters. The number of thiophene rings is 1. The van der Waals surface area contributed by atoms with Crippen molar-refractivity contribution in [2.45, 2.75) is 6.10 Å². The average Bonchev–Trinajstić information content (AvgIpc) is 3.43. The van der Waals surface area contributed by atoms with Crippen molar-refractivity contribution in [3.63, 3.8) is 0 Å². The van der Waals surface area contributed by atoms with Crippen LogP contribution in [-0.4, -0.2) is 40.1 Å². The summed E-state index contributed by atoms with van der Waals surface area (Å²) in [5.41, 5.74) is 2.36. The van der Waals surface area contributed by atoms with Crippen molar-refractivity contribution in [1.82, 2.24) is 15.0 Å². The summed E-state index contributed by atoms with van der Waals surface area (Å²) in [7, 11) is 0. The van der Waals surface area contributed by atoms with Crippen LogP contribution in [0.5, 0.6) is 5.75 Å². The first-order valence-electron chi connectivity index (χ1n) is 9.24. The number of aromatic nitrogens is 2. The number of ether oxygens (including phenoxy) is 1. The van der Waals surface area contributed by atoms with E-state index in [0.717, 1.165) is 16.7 Å². The number of amides is 1. The summed E-state index contributed by atoms with van der Waals surface area (Å²) in [6.07, 6.45) is -0.0600. The van der Waals surface area contributed by atoms with Crippen LogP contribution in [0.1, 0.15) is 10.4 Å². The monoisotopic (exact) mass is 403 g/mol. The van der Waals surface area contributed by atoms with E-state index in [4.69, 9.17) is 9.26 Å². The first-order valence-corrected chi connectivity index (χ1v) is 10.2. The van der Waals surface area contributed by atoms with Crippen molar-refractivity contribution >= 4 is 17.2 Å². The van der Waals surface area contributed by atoms with Gasteiger partial charge in [0.05, 0.1) is 24.2 Å². The molecule has 5 rings (SSSR count). The van der Waals surface area contributed by atoms with Crippen LogP contribution in [0.2, 0.25) is 0 Å². The predicted octanol–water partition coefficient (Wildman–Crippen LogP) is 4.37. The number of likely N-dealkylation sites (tertiary alicyclic amines) is 1. The standard InChI is InChI=1S/C22H17N3O3S/c26-22(16-10-11-29-14-16)25-12-17(13-25)27-19-9-5-4-8-18(19)21-23-20(24-28-21)15-6-2-1-3-7-15/h1-11,14,17H,12-13H2. The summed E-state index contributed by atoms with van der Waals surface area (Å²) < 4.78 is 11.6. The highest BCUT2D eigenvalue weighted by Crippen LogP contribution is 2.32. The number of nitrogens with zero attached hydrogens (tertiary/aromatic N) is 3. The van der Waals surface area contributed by atoms with Crippen molar-refractivity contribution in [3.8, 4) is 28.6 Å². The van der Waals surface area contributed by atoms with Gasteiger partial charge in [0.15, 0.2) is 0 Å². The molecular formula is C22H17N3O3S. The van der Waals surface area contributed by atoms with Crippen LogP contribution in [0.4, 0.5) is 0 Å². The molecule has 0 N–H and O–H groups in total. The molecule has 2 aromatic heterocycles. The first-order chi connectivity index (χ1) is 14.3. The Bertz CT molecular complexity index is 1120. The molecule has 1 fully saturated rings. The lowest BCUT2D eigenvalue weighted by Crippen LogP contribution is -2.56. The number of benzene rings is 2. The van der Waals surface area contributed by atoms with Crippen molar-refractivity contribution in [2.24, 2.45) is 0 Å². The fraction of sp³-hybridized carbons (Fsp3) is 0.136. The van der Waals surface area contributed by atoms with Crippen LogP contribution in [0.15, 0.2) is 75.9 Å². The molecule has 3 heterocycles. The lowest BCUT2D eigenvalue weighted by molar-refractivity contribution is 0.0180. The Morgan fingerprint density at radius 1 is 1.07 bits per heavy atom. The van der Waals surface area contributed by atoms with Gasteiger partial charge in [-0.1, -0.05) is 47.6 Å². The molecule has 4 aromatic rings. The number of para-hydroxylation sites is 1. The molecule has 1 amide bonds. The van der Waals surface area contributed by atoms with Gasteiger partial charge in [-0.2, -0.15) is 16.3 Å². The Labute approximate surface area is 171 Å². The van der Waals surface area contributed by atoms with E-state index in [9.17, 15) is 4.79 Å². The maximum Gasteiger partial charge on any atom is 0.262 e. The zero-order valence-electron chi connectivity index (χ0n) is 15.4. The minimum Gasteiger partial charge on any atom is -0.486 e. The van der Waals surface area contributed by atoms with Gasteiger partial charge in [-0.15, -0.1) is 0 Å². The highest BCUT2D eigenvalue weighted by atomic mass is 32.1. The van der Waals surface area contributed by atoms with Gasteiger partial charge < -0.3 is 14.2 Å². The molecule has 0 aliphatic carbocycles. The third kappa shape index (κ3) is 3.52. The summed E-state index contributed by atoms with van der Waals surface area (Å²) >= 11 is 1.52. The molecule has 0 radical (unpaired) electrons. The van der Waals surface area contributed by atoms with Crippen LogP contribution in [0.3, 0.4) is 0 Å². The van der Waals surface area contributed by atoms with E-state index in [-0.39, 0.29) is 12.0 Å². The number of hydrogen-bond donors (Lipinski definition) is 0. The van der Waals surface area contributed by atoms with Gasteiger partial charge in [0.25, 0.3) is 11.8 Å². The average molecular weight is 403 g/mol. The fourth-order valence-corrected chi connectivity index (χ4v) is 3.84. The Balaban J connectivity index is 1.30. The van der Waals surface area contributed by atoms with Crippen molar-refractivity contribution in [3.05, 3.63) is 77.0 Å². The lowest BCUT2D eigenvalue weighted by atomic mass is 10.1. The second kappa shape index (κ2) is 7.52. The second-order valence-corrected chi connectivity index (χ2v) is 7.53. The minimum absolute atomic E-state index is 0.0452. The quantitative estimate of drug-likeness (QED) is 0.495. The molecule has 1 saturated heterocycles. The van der Waals surface area contributed by atoms with E-state index in [1.54, 1.807) is 4.90 Å². The van der Waals surface area contributed by atoms with E-state index in [1.165, 1.54) is 11.3 Å². The third-order valence-corrected chi connectivity index (χ3v) is 5.46. The topological polar surface area (TPSA) is 68.5 Å². The summed E-state index contributed by atoms with van der Waals surface area (Å²) in [6, 6.07) is 19.1. The Morgan fingerprint density at radius 2 is 1.86 bits per heavy atom. The molecule has 0 unspecified atom stereocenters. The van der Waals surface area contributed by atoms with Gasteiger partial charge in [-0.05, 0) is 23.6 Å². The highest BCUT2D eigenvalue weighted by Gasteiger charge is 2.33. The van der Waals surface area contributed by atoms with Crippen LogP contribution in [-0.2, 0) is 0 Å². The van der Waals surface area contributed by atoms with Crippen molar-refractivity contribution < 1.29 is 14.1 Å². The SMILES string of the molecule is O=C(c1ccsc1)N1CC(Oc2ccccc2-c2nc(-c3ccccc3)no2)C1. The molecule has 144 valence electrons. The second-order valence-electron chi connectivity index (χ2n) is 6.75. The zero-order valence-corrected chi connectivity index (χ0v) is 16.2. The molecule has 0 bridgehead atoms. The highest BCUT2D eigenvalue weighted by molar-refractivity contribution is 7.08. The van der Waals surface area contributed by atoms with Crippen LogP contribution >= 0.6 is 11.3 Å². The Hall–Kier alpha value is -3.45. The van der Waals surface area contributed by atoms with Gasteiger partial charge in [0.1, 0.15) is 11.9 Å².